The Kier molecular flexibility index (Phi) is 8.04. The van der Waals surface area contributed by atoms with Gasteiger partial charge in [-0.2, -0.15) is 5.10 Å². The van der Waals surface area contributed by atoms with Gasteiger partial charge in [0.1, 0.15) is 17.7 Å². The normalized spacial score (nSPS) is 14.8. The van der Waals surface area contributed by atoms with Gasteiger partial charge in [0.15, 0.2) is 0 Å². The molecule has 2 aromatic carbocycles. The van der Waals surface area contributed by atoms with Gasteiger partial charge < -0.3 is 15.4 Å². The molecule has 0 aliphatic carbocycles. The minimum absolute atomic E-state index is 0.0733. The fraction of sp³-hybridized carbons (Fsp3) is 0.276. The fourth-order valence-electron chi connectivity index (χ4n) is 4.84. The van der Waals surface area contributed by atoms with Gasteiger partial charge in [-0.1, -0.05) is 35.3 Å². The van der Waals surface area contributed by atoms with Crippen molar-refractivity contribution in [2.45, 2.75) is 38.3 Å². The van der Waals surface area contributed by atoms with E-state index in [2.05, 4.69) is 10.1 Å². The van der Waals surface area contributed by atoms with Crippen molar-refractivity contribution in [3.63, 3.8) is 0 Å². The van der Waals surface area contributed by atoms with Gasteiger partial charge in [0.05, 0.1) is 29.4 Å². The van der Waals surface area contributed by atoms with Crippen molar-refractivity contribution < 1.29 is 13.9 Å². The van der Waals surface area contributed by atoms with Crippen molar-refractivity contribution in [3.8, 4) is 16.9 Å². The third-order valence-electron chi connectivity index (χ3n) is 7.01. The number of nitrogens with two attached hydrogens (primary N) is 1. The number of nitrogen functional groups attached to an aromatic ring is 1. The van der Waals surface area contributed by atoms with Crippen LogP contribution in [0.5, 0.6) is 5.75 Å². The molecule has 1 fully saturated rings. The van der Waals surface area contributed by atoms with Crippen LogP contribution in [0.2, 0.25) is 10.0 Å². The van der Waals surface area contributed by atoms with Gasteiger partial charge in [0.25, 0.3) is 0 Å². The molecule has 39 heavy (non-hydrogen) atoms. The molecule has 1 amide bonds. The third kappa shape index (κ3) is 6.02. The molecule has 0 radical (unpaired) electrons. The van der Waals surface area contributed by atoms with Crippen LogP contribution in [0.3, 0.4) is 0 Å². The number of ether oxygens (including phenoxy) is 1. The minimum atomic E-state index is -0.632. The number of amides is 1. The number of likely N-dealkylation sites (tertiary alicyclic amines) is 1. The van der Waals surface area contributed by atoms with Crippen molar-refractivity contribution >= 4 is 34.8 Å². The molecule has 1 aliphatic heterocycles. The molecule has 1 aliphatic rings. The Morgan fingerprint density at radius 3 is 2.69 bits per heavy atom. The quantitative estimate of drug-likeness (QED) is 0.203. The van der Waals surface area contributed by atoms with Gasteiger partial charge in [-0.15, -0.1) is 0 Å². The average Bonchev–Trinajstić information content (AvgIpc) is 3.43. The number of piperidine rings is 1. The zero-order chi connectivity index (χ0) is 27.5. The van der Waals surface area contributed by atoms with E-state index in [0.717, 1.165) is 29.5 Å². The van der Waals surface area contributed by atoms with Gasteiger partial charge in [-0.05, 0) is 61.2 Å². The second kappa shape index (κ2) is 11.6. The topological polar surface area (TPSA) is 86.3 Å². The van der Waals surface area contributed by atoms with Crippen molar-refractivity contribution in [2.24, 2.45) is 0 Å². The smallest absolute Gasteiger partial charge is 0.227 e. The zero-order valence-corrected chi connectivity index (χ0v) is 22.9. The van der Waals surface area contributed by atoms with E-state index in [1.54, 1.807) is 31.6 Å². The zero-order valence-electron chi connectivity index (χ0n) is 21.4. The van der Waals surface area contributed by atoms with Crippen LogP contribution >= 0.6 is 23.2 Å². The van der Waals surface area contributed by atoms with E-state index in [0.29, 0.717) is 41.5 Å². The average molecular weight is 568 g/mol. The molecular formula is C29H28Cl2FN5O2. The monoisotopic (exact) mass is 567 g/mol. The van der Waals surface area contributed by atoms with Crippen molar-refractivity contribution in [1.29, 1.82) is 0 Å². The van der Waals surface area contributed by atoms with Crippen molar-refractivity contribution in [1.82, 2.24) is 19.7 Å². The summed E-state index contributed by atoms with van der Waals surface area (Å²) in [5.41, 5.74) is 9.69. The van der Waals surface area contributed by atoms with Gasteiger partial charge >= 0.3 is 0 Å². The van der Waals surface area contributed by atoms with E-state index >= 15 is 0 Å². The van der Waals surface area contributed by atoms with Gasteiger partial charge in [0, 0.05) is 47.8 Å². The summed E-state index contributed by atoms with van der Waals surface area (Å²) in [6.07, 6.45) is 8.61. The van der Waals surface area contributed by atoms with Crippen LogP contribution in [0.25, 0.3) is 11.1 Å². The van der Waals surface area contributed by atoms with Gasteiger partial charge in [-0.3, -0.25) is 14.5 Å². The molecule has 0 bridgehead atoms. The van der Waals surface area contributed by atoms with E-state index in [1.165, 1.54) is 12.1 Å². The Labute approximate surface area is 236 Å². The predicted molar refractivity (Wildman–Crippen MR) is 150 cm³/mol. The fourth-order valence-corrected chi connectivity index (χ4v) is 5.51. The highest BCUT2D eigenvalue weighted by Crippen LogP contribution is 2.37. The molecule has 0 spiro atoms. The number of carbonyl (C=O) groups excluding carboxylic acids is 1. The highest BCUT2D eigenvalue weighted by Gasteiger charge is 2.25. The first-order valence-electron chi connectivity index (χ1n) is 12.7. The molecule has 2 N–H and O–H groups in total. The Bertz CT molecular complexity index is 1470. The van der Waals surface area contributed by atoms with Crippen molar-refractivity contribution in [2.75, 3.05) is 18.8 Å². The molecule has 202 valence electrons. The maximum atomic E-state index is 14.0. The summed E-state index contributed by atoms with van der Waals surface area (Å²) in [4.78, 5) is 18.7. The number of carbonyl (C=O) groups is 1. The summed E-state index contributed by atoms with van der Waals surface area (Å²) in [5, 5.41) is 4.84. The van der Waals surface area contributed by atoms with E-state index in [9.17, 15) is 9.18 Å². The Balaban J connectivity index is 1.25. The molecule has 7 nitrogen and oxygen atoms in total. The largest absolute Gasteiger partial charge is 0.484 e. The summed E-state index contributed by atoms with van der Waals surface area (Å²) in [5.74, 6) is -0.0130. The summed E-state index contributed by atoms with van der Waals surface area (Å²) in [7, 11) is 0. The summed E-state index contributed by atoms with van der Waals surface area (Å²) < 4.78 is 22.1. The van der Waals surface area contributed by atoms with Gasteiger partial charge in [0.2, 0.25) is 5.91 Å². The molecule has 2 aromatic heterocycles. The highest BCUT2D eigenvalue weighted by molar-refractivity contribution is 6.36. The maximum Gasteiger partial charge on any atom is 0.227 e. The lowest BCUT2D eigenvalue weighted by molar-refractivity contribution is -0.131. The number of halogens is 3. The van der Waals surface area contributed by atoms with E-state index in [-0.39, 0.29) is 17.0 Å². The Morgan fingerprint density at radius 2 is 1.95 bits per heavy atom. The summed E-state index contributed by atoms with van der Waals surface area (Å²) >= 11 is 12.4. The Morgan fingerprint density at radius 1 is 1.15 bits per heavy atom. The first-order chi connectivity index (χ1) is 18.8. The highest BCUT2D eigenvalue weighted by atomic mass is 35.5. The first-order valence-corrected chi connectivity index (χ1v) is 13.5. The molecule has 3 heterocycles. The van der Waals surface area contributed by atoms with Crippen LogP contribution < -0.4 is 10.5 Å². The molecule has 1 atom stereocenters. The van der Waals surface area contributed by atoms with Crippen LogP contribution in [0, 0.1) is 5.82 Å². The summed E-state index contributed by atoms with van der Waals surface area (Å²) in [6.45, 7) is 3.11. The number of benzene rings is 2. The van der Waals surface area contributed by atoms with E-state index in [1.807, 2.05) is 40.0 Å². The number of aromatic nitrogens is 3. The molecule has 10 heteroatoms. The standard InChI is InChI=1S/C29H28Cl2FN5O2/c1-18(28-23(30)5-6-24(32)29(28)31)39-26-14-20(4-7-25(26)33)21-16-35-37(17-21)22-8-11-36(12-9-22)27(38)13-19-3-2-10-34-15-19/h2-7,10,14-18,22H,8-9,11-13,33H2,1H3. The van der Waals surface area contributed by atoms with E-state index < -0.39 is 11.9 Å². The molecule has 1 saturated heterocycles. The lowest BCUT2D eigenvalue weighted by Gasteiger charge is -2.32. The lowest BCUT2D eigenvalue weighted by Crippen LogP contribution is -2.40. The molecular weight excluding hydrogens is 540 g/mol. The summed E-state index contributed by atoms with van der Waals surface area (Å²) in [6, 6.07) is 12.1. The van der Waals surface area contributed by atoms with Crippen LogP contribution in [0.1, 0.15) is 43.0 Å². The number of rotatable bonds is 7. The number of hydrogen-bond acceptors (Lipinski definition) is 5. The second-order valence-corrected chi connectivity index (χ2v) is 10.4. The molecule has 5 rings (SSSR count). The van der Waals surface area contributed by atoms with Crippen LogP contribution in [-0.2, 0) is 11.2 Å². The third-order valence-corrected chi connectivity index (χ3v) is 7.72. The SMILES string of the molecule is CC(Oc1cc(-c2cnn(C3CCN(C(=O)Cc4cccnc4)CC3)c2)ccc1N)c1c(Cl)ccc(F)c1Cl. The number of pyridine rings is 1. The van der Waals surface area contributed by atoms with E-state index in [4.69, 9.17) is 33.7 Å². The van der Waals surface area contributed by atoms with Crippen LogP contribution in [-0.4, -0.2) is 38.7 Å². The van der Waals surface area contributed by atoms with Crippen molar-refractivity contribution in [3.05, 3.63) is 94.2 Å². The predicted octanol–water partition coefficient (Wildman–Crippen LogP) is 6.52. The molecule has 4 aromatic rings. The maximum absolute atomic E-state index is 14.0. The molecule has 0 saturated carbocycles. The number of hydrogen-bond donors (Lipinski definition) is 1. The molecule has 1 unspecified atom stereocenters. The van der Waals surface area contributed by atoms with Crippen LogP contribution in [0.15, 0.2) is 67.3 Å². The number of anilines is 1. The minimum Gasteiger partial charge on any atom is -0.484 e. The lowest BCUT2D eigenvalue weighted by atomic mass is 10.0. The van der Waals surface area contributed by atoms with Gasteiger partial charge in [-0.25, -0.2) is 4.39 Å². The second-order valence-electron chi connectivity index (χ2n) is 9.63. The Hall–Kier alpha value is -3.62. The van der Waals surface area contributed by atoms with Crippen LogP contribution in [0.4, 0.5) is 10.1 Å². The number of nitrogens with zero attached hydrogens (tertiary/aromatic N) is 4. The first kappa shape index (κ1) is 27.0.